The molecule has 0 unspecified atom stereocenters. The maximum atomic E-state index is 12.0. The van der Waals surface area contributed by atoms with Gasteiger partial charge < -0.3 is 5.11 Å². The summed E-state index contributed by atoms with van der Waals surface area (Å²) in [4.78, 5) is 12.0. The average Bonchev–Trinajstić information content (AvgIpc) is 2.39. The second-order valence-corrected chi connectivity index (χ2v) is 4.62. The largest absolute Gasteiger partial charge is 0.507 e. The Hall–Kier alpha value is -2.09. The molecule has 0 spiro atoms. The van der Waals surface area contributed by atoms with Crippen molar-refractivity contribution in [2.24, 2.45) is 5.92 Å². The van der Waals surface area contributed by atoms with Crippen molar-refractivity contribution in [1.29, 1.82) is 0 Å². The van der Waals surface area contributed by atoms with Crippen molar-refractivity contribution < 1.29 is 9.90 Å². The number of phenols is 1. The maximum Gasteiger partial charge on any atom is 0.165 e. The minimum absolute atomic E-state index is 0.0434. The van der Waals surface area contributed by atoms with Gasteiger partial charge in [-0.1, -0.05) is 44.2 Å². The lowest BCUT2D eigenvalue weighted by Gasteiger charge is -2.09. The Labute approximate surface area is 107 Å². The zero-order valence-corrected chi connectivity index (χ0v) is 10.6. The molecule has 0 aromatic heterocycles. The number of benzene rings is 2. The Bertz CT molecular complexity index is 557. The van der Waals surface area contributed by atoms with E-state index < -0.39 is 0 Å². The highest BCUT2D eigenvalue weighted by Gasteiger charge is 2.13. The van der Waals surface area contributed by atoms with Gasteiger partial charge in [0, 0.05) is 17.0 Å². The molecule has 0 bridgehead atoms. The van der Waals surface area contributed by atoms with E-state index in [0.717, 1.165) is 5.56 Å². The van der Waals surface area contributed by atoms with E-state index in [4.69, 9.17) is 0 Å². The smallest absolute Gasteiger partial charge is 0.165 e. The fourth-order valence-electron chi connectivity index (χ4n) is 1.87. The Morgan fingerprint density at radius 2 is 1.72 bits per heavy atom. The molecule has 2 aromatic carbocycles. The minimum atomic E-state index is -0.0434. The summed E-state index contributed by atoms with van der Waals surface area (Å²) >= 11 is 0. The van der Waals surface area contributed by atoms with Crippen LogP contribution in [0.25, 0.3) is 11.1 Å². The second-order valence-electron chi connectivity index (χ2n) is 4.62. The molecule has 0 radical (unpaired) electrons. The van der Waals surface area contributed by atoms with Gasteiger partial charge >= 0.3 is 0 Å². The van der Waals surface area contributed by atoms with Crippen LogP contribution in [0.1, 0.15) is 24.2 Å². The topological polar surface area (TPSA) is 37.3 Å². The fourth-order valence-corrected chi connectivity index (χ4v) is 1.87. The number of hydrogen-bond acceptors (Lipinski definition) is 2. The number of phenolic OH excluding ortho intramolecular Hbond substituents is 1. The van der Waals surface area contributed by atoms with Crippen molar-refractivity contribution in [3.05, 3.63) is 54.1 Å². The minimum Gasteiger partial charge on any atom is -0.507 e. The summed E-state index contributed by atoms with van der Waals surface area (Å²) in [5.41, 5.74) is 2.25. The van der Waals surface area contributed by atoms with Gasteiger partial charge in [-0.15, -0.1) is 0 Å². The Morgan fingerprint density at radius 1 is 1.06 bits per heavy atom. The average molecular weight is 240 g/mol. The highest BCUT2D eigenvalue weighted by Crippen LogP contribution is 2.30. The van der Waals surface area contributed by atoms with Gasteiger partial charge in [-0.3, -0.25) is 4.79 Å². The van der Waals surface area contributed by atoms with Gasteiger partial charge in [0.1, 0.15) is 5.75 Å². The first-order valence-electron chi connectivity index (χ1n) is 6.02. The highest BCUT2D eigenvalue weighted by atomic mass is 16.3. The first-order chi connectivity index (χ1) is 8.59. The van der Waals surface area contributed by atoms with Crippen LogP contribution in [0, 0.1) is 5.92 Å². The van der Waals surface area contributed by atoms with Gasteiger partial charge in [0.05, 0.1) is 0 Å². The summed E-state index contributed by atoms with van der Waals surface area (Å²) in [6.45, 7) is 3.74. The molecule has 2 aromatic rings. The number of carbonyl (C=O) groups is 1. The van der Waals surface area contributed by atoms with Gasteiger partial charge in [0.15, 0.2) is 5.78 Å². The van der Waals surface area contributed by atoms with E-state index in [9.17, 15) is 9.90 Å². The summed E-state index contributed by atoms with van der Waals surface area (Å²) in [5.74, 6) is 0.242. The van der Waals surface area contributed by atoms with Crippen LogP contribution in [-0.2, 0) is 0 Å². The first-order valence-corrected chi connectivity index (χ1v) is 6.02. The van der Waals surface area contributed by atoms with E-state index in [1.807, 2.05) is 44.2 Å². The third kappa shape index (κ3) is 2.43. The molecule has 2 nitrogen and oxygen atoms in total. The Kier molecular flexibility index (Phi) is 3.47. The highest BCUT2D eigenvalue weighted by molar-refractivity contribution is 5.99. The van der Waals surface area contributed by atoms with Crippen LogP contribution in [0.2, 0.25) is 0 Å². The summed E-state index contributed by atoms with van der Waals surface area (Å²) in [6.07, 6.45) is 0. The van der Waals surface area contributed by atoms with Crippen molar-refractivity contribution in [2.75, 3.05) is 0 Å². The van der Waals surface area contributed by atoms with Crippen LogP contribution < -0.4 is 0 Å². The molecule has 0 heterocycles. The molecule has 0 aliphatic carbocycles. The van der Waals surface area contributed by atoms with E-state index in [-0.39, 0.29) is 17.5 Å². The SMILES string of the molecule is CC(C)C(=O)c1ccc(O)c(-c2ccccc2)c1. The van der Waals surface area contributed by atoms with Crippen LogP contribution in [0.3, 0.4) is 0 Å². The molecule has 0 amide bonds. The molecule has 1 N–H and O–H groups in total. The van der Waals surface area contributed by atoms with Crippen LogP contribution in [0.15, 0.2) is 48.5 Å². The molecule has 18 heavy (non-hydrogen) atoms. The van der Waals surface area contributed by atoms with Gasteiger partial charge in [0.25, 0.3) is 0 Å². The molecule has 0 saturated carbocycles. The zero-order valence-electron chi connectivity index (χ0n) is 10.6. The van der Waals surface area contributed by atoms with E-state index in [2.05, 4.69) is 0 Å². The van der Waals surface area contributed by atoms with Crippen LogP contribution in [0.5, 0.6) is 5.75 Å². The second kappa shape index (κ2) is 5.05. The van der Waals surface area contributed by atoms with Crippen molar-refractivity contribution in [2.45, 2.75) is 13.8 Å². The number of carbonyl (C=O) groups excluding carboxylic acids is 1. The normalized spacial score (nSPS) is 10.6. The molecule has 92 valence electrons. The number of Topliss-reactive ketones (excluding diaryl/α,β-unsaturated/α-hetero) is 1. The van der Waals surface area contributed by atoms with Crippen LogP contribution >= 0.6 is 0 Å². The summed E-state index contributed by atoms with van der Waals surface area (Å²) in [5, 5.41) is 9.90. The molecule has 0 saturated heterocycles. The number of hydrogen-bond donors (Lipinski definition) is 1. The molecule has 0 aliphatic heterocycles. The lowest BCUT2D eigenvalue weighted by atomic mass is 9.96. The predicted octanol–water partition coefficient (Wildman–Crippen LogP) is 3.90. The van der Waals surface area contributed by atoms with Crippen LogP contribution in [0.4, 0.5) is 0 Å². The molecule has 2 heteroatoms. The fraction of sp³-hybridized carbons (Fsp3) is 0.188. The quantitative estimate of drug-likeness (QED) is 0.826. The van der Waals surface area contributed by atoms with Crippen molar-refractivity contribution in [3.8, 4) is 16.9 Å². The number of ketones is 1. The predicted molar refractivity (Wildman–Crippen MR) is 72.7 cm³/mol. The Balaban J connectivity index is 2.49. The molecule has 0 fully saturated rings. The zero-order chi connectivity index (χ0) is 13.1. The van der Waals surface area contributed by atoms with Gasteiger partial charge in [0.2, 0.25) is 0 Å². The van der Waals surface area contributed by atoms with Gasteiger partial charge in [-0.25, -0.2) is 0 Å². The monoisotopic (exact) mass is 240 g/mol. The third-order valence-corrected chi connectivity index (χ3v) is 2.89. The van der Waals surface area contributed by atoms with E-state index in [0.29, 0.717) is 11.1 Å². The summed E-state index contributed by atoms with van der Waals surface area (Å²) < 4.78 is 0. The molecule has 0 atom stereocenters. The van der Waals surface area contributed by atoms with E-state index in [1.165, 1.54) is 0 Å². The third-order valence-electron chi connectivity index (χ3n) is 2.89. The molecular weight excluding hydrogens is 224 g/mol. The summed E-state index contributed by atoms with van der Waals surface area (Å²) in [7, 11) is 0. The lowest BCUT2D eigenvalue weighted by Crippen LogP contribution is -2.07. The van der Waals surface area contributed by atoms with Crippen molar-refractivity contribution >= 4 is 5.78 Å². The van der Waals surface area contributed by atoms with Gasteiger partial charge in [-0.05, 0) is 23.8 Å². The number of aromatic hydroxyl groups is 1. The first kappa shape index (κ1) is 12.4. The van der Waals surface area contributed by atoms with Crippen LogP contribution in [-0.4, -0.2) is 10.9 Å². The summed E-state index contributed by atoms with van der Waals surface area (Å²) in [6, 6.07) is 14.6. The van der Waals surface area contributed by atoms with Gasteiger partial charge in [-0.2, -0.15) is 0 Å². The van der Waals surface area contributed by atoms with E-state index in [1.54, 1.807) is 18.2 Å². The number of rotatable bonds is 3. The van der Waals surface area contributed by atoms with Crippen molar-refractivity contribution in [3.63, 3.8) is 0 Å². The standard InChI is InChI=1S/C16H16O2/c1-11(2)16(18)13-8-9-15(17)14(10-13)12-6-4-3-5-7-12/h3-11,17H,1-2H3. The van der Waals surface area contributed by atoms with E-state index >= 15 is 0 Å². The molecular formula is C16H16O2. The Morgan fingerprint density at radius 3 is 2.33 bits per heavy atom. The maximum absolute atomic E-state index is 12.0. The van der Waals surface area contributed by atoms with Crippen molar-refractivity contribution in [1.82, 2.24) is 0 Å². The lowest BCUT2D eigenvalue weighted by molar-refractivity contribution is 0.0939. The molecule has 2 rings (SSSR count). The molecule has 0 aliphatic rings.